The molecule has 0 bridgehead atoms. The molecule has 0 atom stereocenters. The number of nitrogens with zero attached hydrogens (tertiary/aromatic N) is 1. The van der Waals surface area contributed by atoms with Gasteiger partial charge in [0.2, 0.25) is 0 Å². The molecule has 0 radical (unpaired) electrons. The molecule has 3 heteroatoms. The van der Waals surface area contributed by atoms with Gasteiger partial charge in [-0.05, 0) is 34.0 Å². The van der Waals surface area contributed by atoms with Crippen LogP contribution >= 0.6 is 15.9 Å². The van der Waals surface area contributed by atoms with Gasteiger partial charge < -0.3 is 4.57 Å². The molecule has 0 aliphatic rings. The van der Waals surface area contributed by atoms with Crippen molar-refractivity contribution in [3.63, 3.8) is 0 Å². The lowest BCUT2D eigenvalue weighted by molar-refractivity contribution is 0.0959. The summed E-state index contributed by atoms with van der Waals surface area (Å²) in [7, 11) is 1.89. The third-order valence-electron chi connectivity index (χ3n) is 1.94. The van der Waals surface area contributed by atoms with E-state index in [4.69, 9.17) is 0 Å². The zero-order valence-electron chi connectivity index (χ0n) is 8.17. The highest BCUT2D eigenvalue weighted by Crippen LogP contribution is 2.16. The first kappa shape index (κ1) is 10.5. The average Bonchev–Trinajstić information content (AvgIpc) is 2.31. The molecule has 0 aromatic carbocycles. The van der Waals surface area contributed by atoms with E-state index in [1.54, 1.807) is 0 Å². The molecule has 0 amide bonds. The van der Waals surface area contributed by atoms with Gasteiger partial charge in [-0.1, -0.05) is 13.8 Å². The molecular formula is C10H14BrNO. The van der Waals surface area contributed by atoms with Crippen molar-refractivity contribution in [3.8, 4) is 0 Å². The van der Waals surface area contributed by atoms with Crippen molar-refractivity contribution in [1.82, 2.24) is 4.57 Å². The lowest BCUT2D eigenvalue weighted by Gasteiger charge is -2.05. The number of Topliss-reactive ketones (excluding diaryl/α,β-unsaturated/α-hetero) is 1. The quantitative estimate of drug-likeness (QED) is 0.749. The van der Waals surface area contributed by atoms with Crippen LogP contribution in [0.1, 0.15) is 30.8 Å². The van der Waals surface area contributed by atoms with Gasteiger partial charge in [0.15, 0.2) is 5.78 Å². The molecule has 0 saturated heterocycles. The number of hydrogen-bond acceptors (Lipinski definition) is 1. The number of carbonyl (C=O) groups is 1. The molecule has 0 aliphatic heterocycles. The SMILES string of the molecule is CC(C)CC(=O)c1ccc(Br)n1C. The van der Waals surface area contributed by atoms with E-state index in [0.29, 0.717) is 12.3 Å². The molecular weight excluding hydrogens is 230 g/mol. The van der Waals surface area contributed by atoms with E-state index >= 15 is 0 Å². The van der Waals surface area contributed by atoms with Gasteiger partial charge in [0, 0.05) is 13.5 Å². The van der Waals surface area contributed by atoms with Gasteiger partial charge in [-0.2, -0.15) is 0 Å². The standard InChI is InChI=1S/C10H14BrNO/c1-7(2)6-9(13)8-4-5-10(11)12(8)3/h4-5,7H,6H2,1-3H3. The van der Waals surface area contributed by atoms with E-state index in [9.17, 15) is 4.79 Å². The summed E-state index contributed by atoms with van der Waals surface area (Å²) in [6.07, 6.45) is 0.615. The second-order valence-electron chi connectivity index (χ2n) is 3.62. The van der Waals surface area contributed by atoms with Crippen molar-refractivity contribution < 1.29 is 4.79 Å². The average molecular weight is 244 g/mol. The summed E-state index contributed by atoms with van der Waals surface area (Å²) in [6, 6.07) is 3.75. The van der Waals surface area contributed by atoms with Crippen molar-refractivity contribution in [2.24, 2.45) is 13.0 Å². The van der Waals surface area contributed by atoms with Crippen LogP contribution in [-0.4, -0.2) is 10.4 Å². The number of hydrogen-bond donors (Lipinski definition) is 0. The summed E-state index contributed by atoms with van der Waals surface area (Å²) in [4.78, 5) is 11.6. The first-order valence-electron chi connectivity index (χ1n) is 4.36. The van der Waals surface area contributed by atoms with Gasteiger partial charge >= 0.3 is 0 Å². The van der Waals surface area contributed by atoms with E-state index in [-0.39, 0.29) is 5.78 Å². The highest BCUT2D eigenvalue weighted by Gasteiger charge is 2.12. The molecule has 2 nitrogen and oxygen atoms in total. The van der Waals surface area contributed by atoms with Crippen molar-refractivity contribution >= 4 is 21.7 Å². The zero-order valence-corrected chi connectivity index (χ0v) is 9.76. The maximum atomic E-state index is 11.6. The van der Waals surface area contributed by atoms with Crippen molar-refractivity contribution in [3.05, 3.63) is 22.4 Å². The van der Waals surface area contributed by atoms with Crippen LogP contribution in [-0.2, 0) is 7.05 Å². The van der Waals surface area contributed by atoms with E-state index < -0.39 is 0 Å². The monoisotopic (exact) mass is 243 g/mol. The summed E-state index contributed by atoms with van der Waals surface area (Å²) in [5.41, 5.74) is 0.778. The minimum absolute atomic E-state index is 0.211. The molecule has 0 N–H and O–H groups in total. The molecule has 1 aromatic heterocycles. The van der Waals surface area contributed by atoms with Gasteiger partial charge in [0.25, 0.3) is 0 Å². The van der Waals surface area contributed by atoms with E-state index in [1.165, 1.54) is 0 Å². The first-order chi connectivity index (χ1) is 6.02. The predicted octanol–water partition coefficient (Wildman–Crippen LogP) is 3.02. The van der Waals surface area contributed by atoms with Gasteiger partial charge in [0.1, 0.15) is 0 Å². The Morgan fingerprint density at radius 2 is 2.15 bits per heavy atom. The van der Waals surface area contributed by atoms with Crippen LogP contribution in [0.4, 0.5) is 0 Å². The molecule has 72 valence electrons. The summed E-state index contributed by atoms with van der Waals surface area (Å²) >= 11 is 3.36. The van der Waals surface area contributed by atoms with Crippen LogP contribution in [0.15, 0.2) is 16.7 Å². The lowest BCUT2D eigenvalue weighted by atomic mass is 10.1. The molecule has 1 rings (SSSR count). The van der Waals surface area contributed by atoms with E-state index in [2.05, 4.69) is 29.8 Å². The molecule has 1 aromatic rings. The molecule has 1 heterocycles. The van der Waals surface area contributed by atoms with Gasteiger partial charge in [0.05, 0.1) is 10.3 Å². The maximum absolute atomic E-state index is 11.6. The van der Waals surface area contributed by atoms with E-state index in [1.807, 2.05) is 23.7 Å². The summed E-state index contributed by atoms with van der Waals surface area (Å²) in [5.74, 6) is 0.629. The van der Waals surface area contributed by atoms with Crippen LogP contribution in [0.3, 0.4) is 0 Å². The van der Waals surface area contributed by atoms with Crippen LogP contribution in [0, 0.1) is 5.92 Å². The fraction of sp³-hybridized carbons (Fsp3) is 0.500. The Kier molecular flexibility index (Phi) is 3.31. The number of carbonyl (C=O) groups excluding carboxylic acids is 1. The fourth-order valence-electron chi connectivity index (χ4n) is 1.24. The molecule has 0 fully saturated rings. The topological polar surface area (TPSA) is 22.0 Å². The van der Waals surface area contributed by atoms with Crippen LogP contribution in [0.25, 0.3) is 0 Å². The third-order valence-corrected chi connectivity index (χ3v) is 2.74. The van der Waals surface area contributed by atoms with Crippen molar-refractivity contribution in [2.45, 2.75) is 20.3 Å². The minimum atomic E-state index is 0.211. The van der Waals surface area contributed by atoms with E-state index in [0.717, 1.165) is 10.3 Å². The smallest absolute Gasteiger partial charge is 0.179 e. The minimum Gasteiger partial charge on any atom is -0.336 e. The first-order valence-corrected chi connectivity index (χ1v) is 5.16. The Morgan fingerprint density at radius 1 is 1.54 bits per heavy atom. The van der Waals surface area contributed by atoms with Gasteiger partial charge in [-0.15, -0.1) is 0 Å². The van der Waals surface area contributed by atoms with Crippen LogP contribution < -0.4 is 0 Å². The van der Waals surface area contributed by atoms with Crippen molar-refractivity contribution in [1.29, 1.82) is 0 Å². The highest BCUT2D eigenvalue weighted by molar-refractivity contribution is 9.10. The number of rotatable bonds is 3. The van der Waals surface area contributed by atoms with Crippen LogP contribution in [0.2, 0.25) is 0 Å². The molecule has 0 aliphatic carbocycles. The summed E-state index contributed by atoms with van der Waals surface area (Å²) < 4.78 is 2.81. The normalized spacial score (nSPS) is 10.8. The predicted molar refractivity (Wildman–Crippen MR) is 56.9 cm³/mol. The Hall–Kier alpha value is -0.570. The maximum Gasteiger partial charge on any atom is 0.179 e. The van der Waals surface area contributed by atoms with Gasteiger partial charge in [-0.3, -0.25) is 4.79 Å². The molecule has 0 saturated carbocycles. The lowest BCUT2D eigenvalue weighted by Crippen LogP contribution is -2.08. The van der Waals surface area contributed by atoms with Crippen molar-refractivity contribution in [2.75, 3.05) is 0 Å². The molecule has 0 spiro atoms. The number of aromatic nitrogens is 1. The largest absolute Gasteiger partial charge is 0.336 e. The summed E-state index contributed by atoms with van der Waals surface area (Å²) in [6.45, 7) is 4.10. The van der Waals surface area contributed by atoms with Gasteiger partial charge in [-0.25, -0.2) is 0 Å². The third kappa shape index (κ3) is 2.44. The second-order valence-corrected chi connectivity index (χ2v) is 4.43. The molecule has 13 heavy (non-hydrogen) atoms. The number of halogens is 1. The molecule has 0 unspecified atom stereocenters. The Labute approximate surface area is 87.1 Å². The Morgan fingerprint density at radius 3 is 2.54 bits per heavy atom. The number of ketones is 1. The Balaban J connectivity index is 2.83. The summed E-state index contributed by atoms with van der Waals surface area (Å²) in [5, 5.41) is 0. The fourth-order valence-corrected chi connectivity index (χ4v) is 1.56. The Bertz CT molecular complexity index is 315. The highest BCUT2D eigenvalue weighted by atomic mass is 79.9. The van der Waals surface area contributed by atoms with Crippen LogP contribution in [0.5, 0.6) is 0 Å². The zero-order chi connectivity index (χ0) is 10.0. The second kappa shape index (κ2) is 4.09.